The highest BCUT2D eigenvalue weighted by Gasteiger charge is 2.44. The van der Waals surface area contributed by atoms with E-state index >= 15 is 0 Å². The monoisotopic (exact) mass is 1130 g/mol. The summed E-state index contributed by atoms with van der Waals surface area (Å²) in [6, 6.07) is 5.40. The van der Waals surface area contributed by atoms with Crippen molar-refractivity contribution >= 4 is 73.1 Å². The highest BCUT2D eigenvalue weighted by Crippen LogP contribution is 2.48. The van der Waals surface area contributed by atoms with Crippen LogP contribution < -0.4 is 26.2 Å². The van der Waals surface area contributed by atoms with E-state index in [0.717, 1.165) is 92.4 Å². The van der Waals surface area contributed by atoms with E-state index in [0.29, 0.717) is 57.4 Å². The van der Waals surface area contributed by atoms with Gasteiger partial charge in [0.15, 0.2) is 5.71 Å². The molecule has 0 saturated carbocycles. The number of benzene rings is 2. The van der Waals surface area contributed by atoms with Gasteiger partial charge in [-0.25, -0.2) is 14.4 Å². The molecule has 0 bridgehead atoms. The molecule has 2 atom stereocenters. The van der Waals surface area contributed by atoms with Gasteiger partial charge in [-0.2, -0.15) is 21.4 Å². The minimum Gasteiger partial charge on any atom is -0.481 e. The van der Waals surface area contributed by atoms with E-state index in [4.69, 9.17) is 5.11 Å². The van der Waals surface area contributed by atoms with Crippen LogP contribution >= 0.6 is 0 Å². The zero-order valence-corrected chi connectivity index (χ0v) is 47.0. The molecule has 0 fully saturated rings. The number of carboxylic acid groups (broad SMARTS) is 3. The van der Waals surface area contributed by atoms with Gasteiger partial charge in [0.25, 0.3) is 20.2 Å². The summed E-state index contributed by atoms with van der Waals surface area (Å²) in [5, 5.41) is 37.5. The van der Waals surface area contributed by atoms with Crippen molar-refractivity contribution in [2.24, 2.45) is 0 Å². The zero-order valence-electron chi connectivity index (χ0n) is 45.4. The maximum atomic E-state index is 12.7. The van der Waals surface area contributed by atoms with Gasteiger partial charge in [0.05, 0.1) is 15.2 Å². The third-order valence-electron chi connectivity index (χ3n) is 14.2. The van der Waals surface area contributed by atoms with Gasteiger partial charge in [0.1, 0.15) is 19.1 Å². The van der Waals surface area contributed by atoms with Crippen LogP contribution in [0.15, 0.2) is 82.3 Å². The number of allylic oxidation sites excluding steroid dienone is 6. The summed E-state index contributed by atoms with van der Waals surface area (Å²) in [4.78, 5) is 72.5. The molecule has 0 radical (unpaired) electrons. The summed E-state index contributed by atoms with van der Waals surface area (Å²) in [6.45, 7) is 9.57. The molecule has 2 aliphatic rings. The van der Waals surface area contributed by atoms with Crippen LogP contribution in [0.2, 0.25) is 0 Å². The predicted octanol–water partition coefficient (Wildman–Crippen LogP) is 7.52. The second-order valence-electron chi connectivity index (χ2n) is 20.9. The number of fused-ring (bicyclic) bond motifs is 2. The summed E-state index contributed by atoms with van der Waals surface area (Å²) in [7, 11) is -6.93. The second kappa shape index (κ2) is 29.5. The summed E-state index contributed by atoms with van der Waals surface area (Å²) in [5.41, 5.74) is 3.99. The Morgan fingerprint density at radius 1 is 0.603 bits per heavy atom. The molecular formula is C55H79N6O15S2+. The van der Waals surface area contributed by atoms with Gasteiger partial charge >= 0.3 is 23.9 Å². The Balaban J connectivity index is 1.10. The molecule has 4 rings (SSSR count). The third-order valence-corrected chi connectivity index (χ3v) is 15.9. The van der Waals surface area contributed by atoms with Crippen LogP contribution in [0, 0.1) is 0 Å². The molecule has 0 unspecified atom stereocenters. The number of nitrogens with zero attached hydrogens (tertiary/aromatic N) is 2. The van der Waals surface area contributed by atoms with E-state index in [9.17, 15) is 64.9 Å². The first-order valence-electron chi connectivity index (χ1n) is 26.6. The van der Waals surface area contributed by atoms with Gasteiger partial charge in [0, 0.05) is 73.4 Å². The van der Waals surface area contributed by atoms with Crippen LogP contribution in [0.25, 0.3) is 0 Å². The maximum Gasteiger partial charge on any atom is 0.326 e. The minimum absolute atomic E-state index is 0.00623. The number of carbonyl (C=O) groups is 6. The fraction of sp³-hybridized carbons (Fsp3) is 0.545. The number of amides is 4. The third kappa shape index (κ3) is 19.2. The molecule has 9 N–H and O–H groups in total. The number of urea groups is 1. The number of anilines is 1. The Hall–Kier alpha value is -6.43. The van der Waals surface area contributed by atoms with Gasteiger partial charge in [-0.3, -0.25) is 23.5 Å². The van der Waals surface area contributed by atoms with Crippen molar-refractivity contribution in [3.05, 3.63) is 83.6 Å². The van der Waals surface area contributed by atoms with E-state index in [-0.39, 0.29) is 34.4 Å². The molecule has 2 aromatic carbocycles. The molecule has 0 saturated heterocycles. The van der Waals surface area contributed by atoms with Crippen LogP contribution in [0.1, 0.15) is 154 Å². The maximum absolute atomic E-state index is 12.7. The van der Waals surface area contributed by atoms with Gasteiger partial charge in [-0.15, -0.1) is 0 Å². The number of carbonyl (C=O) groups excluding carboxylic acids is 3. The van der Waals surface area contributed by atoms with Crippen molar-refractivity contribution in [1.29, 1.82) is 0 Å². The van der Waals surface area contributed by atoms with Crippen LogP contribution in [-0.4, -0.2) is 126 Å². The van der Waals surface area contributed by atoms with E-state index < -0.39 is 73.5 Å². The summed E-state index contributed by atoms with van der Waals surface area (Å²) >= 11 is 0. The molecule has 2 aliphatic heterocycles. The largest absolute Gasteiger partial charge is 0.481 e. The number of unbranched alkanes of at least 4 members (excludes halogenated alkanes) is 10. The Morgan fingerprint density at radius 2 is 1.12 bits per heavy atom. The number of nitrogens with one attached hydrogen (secondary N) is 4. The van der Waals surface area contributed by atoms with Crippen LogP contribution in [0.3, 0.4) is 0 Å². The molecule has 78 heavy (non-hydrogen) atoms. The normalized spacial score (nSPS) is 16.0. The molecule has 0 aliphatic carbocycles. The average molecular weight is 1130 g/mol. The first-order chi connectivity index (χ1) is 36.7. The Morgan fingerprint density at radius 3 is 1.68 bits per heavy atom. The predicted molar refractivity (Wildman–Crippen MR) is 294 cm³/mol. The smallest absolute Gasteiger partial charge is 0.326 e. The number of carboxylic acids is 3. The molecule has 2 heterocycles. The first kappa shape index (κ1) is 64.1. The lowest BCUT2D eigenvalue weighted by Gasteiger charge is -2.27. The minimum atomic E-state index is -4.46. The highest BCUT2D eigenvalue weighted by atomic mass is 32.2. The molecule has 0 aromatic heterocycles. The van der Waals surface area contributed by atoms with E-state index in [1.165, 1.54) is 24.3 Å². The number of aliphatic carboxylic acids is 3. The summed E-state index contributed by atoms with van der Waals surface area (Å²) in [6.07, 6.45) is 20.2. The molecule has 2 aromatic rings. The van der Waals surface area contributed by atoms with Crippen LogP contribution in [-0.2, 0) is 55.0 Å². The van der Waals surface area contributed by atoms with Gasteiger partial charge < -0.3 is 41.5 Å². The van der Waals surface area contributed by atoms with Gasteiger partial charge in [-0.1, -0.05) is 83.1 Å². The lowest BCUT2D eigenvalue weighted by atomic mass is 9.81. The highest BCUT2D eigenvalue weighted by molar-refractivity contribution is 7.86. The Bertz CT molecular complexity index is 2840. The van der Waals surface area contributed by atoms with E-state index in [1.54, 1.807) is 12.1 Å². The van der Waals surface area contributed by atoms with Crippen molar-refractivity contribution in [3.63, 3.8) is 0 Å². The zero-order chi connectivity index (χ0) is 57.8. The van der Waals surface area contributed by atoms with Crippen molar-refractivity contribution in [1.82, 2.24) is 21.3 Å². The molecule has 430 valence electrons. The molecule has 4 amide bonds. The number of hydrogen-bond donors (Lipinski definition) is 9. The Labute approximate surface area is 458 Å². The van der Waals surface area contributed by atoms with Gasteiger partial charge in [0.2, 0.25) is 17.5 Å². The van der Waals surface area contributed by atoms with Crippen LogP contribution in [0.4, 0.5) is 16.2 Å². The van der Waals surface area contributed by atoms with Crippen LogP contribution in [0.5, 0.6) is 0 Å². The average Bonchev–Trinajstić information content (AvgIpc) is 3.91. The SMILES string of the molecule is C[N+]1=C(/C=C/C=C/C=C2/N(CCCCCC(=O)NCCCCCCCCCCC(=O)NCCCC[C@H](NC(=O)N[C@@H](CCC(=O)O)C(=O)O)C(=O)O)c3cc(S(=O)(=O)O)ccc3C2(C)C)C(C)(C)c2cc(S(=O)(=O)O)ccc21. The number of hydrogen-bond acceptors (Lipinski definition) is 11. The second-order valence-corrected chi connectivity index (χ2v) is 23.7. The topological polar surface area (TPSA) is 326 Å². The lowest BCUT2D eigenvalue weighted by molar-refractivity contribution is -0.401. The van der Waals surface area contributed by atoms with E-state index in [1.807, 2.05) is 55.9 Å². The van der Waals surface area contributed by atoms with Crippen molar-refractivity contribution in [2.75, 3.05) is 31.6 Å². The van der Waals surface area contributed by atoms with E-state index in [2.05, 4.69) is 40.0 Å². The molecular weight excluding hydrogens is 1050 g/mol. The fourth-order valence-electron chi connectivity index (χ4n) is 9.85. The molecule has 0 spiro atoms. The number of rotatable bonds is 34. The van der Waals surface area contributed by atoms with Crippen molar-refractivity contribution in [3.8, 4) is 0 Å². The summed E-state index contributed by atoms with van der Waals surface area (Å²) < 4.78 is 69.7. The molecule has 23 heteroatoms. The van der Waals surface area contributed by atoms with Crippen molar-refractivity contribution < 1.29 is 74.6 Å². The fourth-order valence-corrected chi connectivity index (χ4v) is 10.9. The Kier molecular flexibility index (Phi) is 24.3. The standard InChI is InChI=1S/C55H78N6O15S2/c1-54(2)40-29-27-39(78(74,75)76)37-45(40)61(47(54)24-15-12-14-23-46-55(3,4)41-36-38(77(71,72)73)28-31-44(41)60(46)5)35-21-13-17-26-49(63)56-33-19-11-9-7-6-8-10-16-25-48(62)57-34-20-18-22-42(51(66)67)58-53(70)59-43(52(68)69)30-32-50(64)65/h12,14-15,23-24,27-29,31,36-37,42-43H,6-11,13,16-22,25-26,30,32-35H2,1-5H3,(H8-,56,57,58,59,62,63,64,65,66,67,68,69,70,71,72,73,74,75,76)/p+1/t42-,43-/m0/s1. The van der Waals surface area contributed by atoms with Crippen molar-refractivity contribution in [2.45, 2.75) is 176 Å². The first-order valence-corrected chi connectivity index (χ1v) is 29.5. The quantitative estimate of drug-likeness (QED) is 0.0142. The lowest BCUT2D eigenvalue weighted by Crippen LogP contribution is -2.51. The summed E-state index contributed by atoms with van der Waals surface area (Å²) in [5.74, 6) is -4.10. The van der Waals surface area contributed by atoms with Gasteiger partial charge in [-0.05, 0) is 101 Å². The molecule has 21 nitrogen and oxygen atoms in total.